The van der Waals surface area contributed by atoms with Crippen molar-refractivity contribution in [3.63, 3.8) is 0 Å². The van der Waals surface area contributed by atoms with E-state index in [0.717, 1.165) is 11.1 Å². The maximum atomic E-state index is 13.1. The van der Waals surface area contributed by atoms with Gasteiger partial charge in [0.2, 0.25) is 5.76 Å². The van der Waals surface area contributed by atoms with Crippen LogP contribution in [-0.4, -0.2) is 11.8 Å². The van der Waals surface area contributed by atoms with Gasteiger partial charge in [-0.3, -0.25) is 9.59 Å². The number of hydrogen-bond acceptors (Lipinski definition) is 3. The van der Waals surface area contributed by atoms with Crippen molar-refractivity contribution in [1.29, 1.82) is 0 Å². The molecule has 0 saturated carbocycles. The van der Waals surface area contributed by atoms with E-state index >= 15 is 0 Å². The maximum absolute atomic E-state index is 13.1. The molecule has 0 aliphatic rings. The van der Waals surface area contributed by atoms with Crippen molar-refractivity contribution in [2.24, 2.45) is 0 Å². The van der Waals surface area contributed by atoms with Gasteiger partial charge in [-0.1, -0.05) is 29.3 Å². The first-order valence-corrected chi connectivity index (χ1v) is 9.39. The molecule has 0 atom stereocenters. The molecule has 2 N–H and O–H groups in total. The molecule has 0 aliphatic heterocycles. The molecule has 4 rings (SSSR count). The molecular formula is C24H19FN2O3. The SMILES string of the molecule is Cc1cc(C)cc(C(=O)Nc2c(C(=O)Nc3ccc(F)cc3)oc3ccccc23)c1. The van der Waals surface area contributed by atoms with Gasteiger partial charge >= 0.3 is 0 Å². The van der Waals surface area contributed by atoms with Crippen LogP contribution in [-0.2, 0) is 0 Å². The lowest BCUT2D eigenvalue weighted by Gasteiger charge is -2.09. The predicted octanol–water partition coefficient (Wildman–Crippen LogP) is 5.69. The Balaban J connectivity index is 1.70. The highest BCUT2D eigenvalue weighted by atomic mass is 19.1. The summed E-state index contributed by atoms with van der Waals surface area (Å²) in [5.74, 6) is -1.32. The van der Waals surface area contributed by atoms with Crippen LogP contribution in [0.3, 0.4) is 0 Å². The third-order valence-corrected chi connectivity index (χ3v) is 4.63. The summed E-state index contributed by atoms with van der Waals surface area (Å²) in [6.45, 7) is 3.83. The van der Waals surface area contributed by atoms with E-state index in [9.17, 15) is 14.0 Å². The van der Waals surface area contributed by atoms with Gasteiger partial charge in [-0.05, 0) is 62.4 Å². The van der Waals surface area contributed by atoms with Crippen LogP contribution in [0.1, 0.15) is 32.0 Å². The molecule has 0 radical (unpaired) electrons. The van der Waals surface area contributed by atoms with Crippen molar-refractivity contribution in [3.05, 3.63) is 95.0 Å². The smallest absolute Gasteiger partial charge is 0.293 e. The molecule has 0 saturated heterocycles. The first-order chi connectivity index (χ1) is 14.4. The van der Waals surface area contributed by atoms with E-state index in [1.807, 2.05) is 19.9 Å². The minimum Gasteiger partial charge on any atom is -0.449 e. The Morgan fingerprint density at radius 1 is 0.833 bits per heavy atom. The first-order valence-electron chi connectivity index (χ1n) is 9.39. The molecular weight excluding hydrogens is 383 g/mol. The van der Waals surface area contributed by atoms with Crippen LogP contribution in [0.15, 0.2) is 71.1 Å². The molecule has 0 unspecified atom stereocenters. The fourth-order valence-corrected chi connectivity index (χ4v) is 3.34. The molecule has 1 heterocycles. The van der Waals surface area contributed by atoms with E-state index in [1.54, 1.807) is 36.4 Å². The zero-order valence-corrected chi connectivity index (χ0v) is 16.5. The highest BCUT2D eigenvalue weighted by Crippen LogP contribution is 2.32. The second-order valence-corrected chi connectivity index (χ2v) is 7.09. The number of carbonyl (C=O) groups is 2. The predicted molar refractivity (Wildman–Crippen MR) is 114 cm³/mol. The van der Waals surface area contributed by atoms with Crippen LogP contribution in [0.2, 0.25) is 0 Å². The van der Waals surface area contributed by atoms with Crippen LogP contribution < -0.4 is 10.6 Å². The fourth-order valence-electron chi connectivity index (χ4n) is 3.34. The number of hydrogen-bond donors (Lipinski definition) is 2. The lowest BCUT2D eigenvalue weighted by Crippen LogP contribution is -2.17. The zero-order valence-electron chi connectivity index (χ0n) is 16.5. The van der Waals surface area contributed by atoms with Crippen LogP contribution >= 0.6 is 0 Å². The summed E-state index contributed by atoms with van der Waals surface area (Å²) in [5.41, 5.74) is 3.58. The summed E-state index contributed by atoms with van der Waals surface area (Å²) in [5, 5.41) is 6.10. The van der Waals surface area contributed by atoms with Crippen molar-refractivity contribution in [1.82, 2.24) is 0 Å². The Hall–Kier alpha value is -3.93. The molecule has 6 heteroatoms. The second kappa shape index (κ2) is 7.83. The Labute approximate surface area is 172 Å². The summed E-state index contributed by atoms with van der Waals surface area (Å²) in [4.78, 5) is 25.8. The maximum Gasteiger partial charge on any atom is 0.293 e. The summed E-state index contributed by atoms with van der Waals surface area (Å²) < 4.78 is 18.9. The van der Waals surface area contributed by atoms with Crippen LogP contribution in [0.4, 0.5) is 15.8 Å². The minimum atomic E-state index is -0.548. The zero-order chi connectivity index (χ0) is 21.3. The third-order valence-electron chi connectivity index (χ3n) is 4.63. The second-order valence-electron chi connectivity index (χ2n) is 7.09. The lowest BCUT2D eigenvalue weighted by molar-refractivity contribution is 0.0999. The largest absolute Gasteiger partial charge is 0.449 e. The van der Waals surface area contributed by atoms with Crippen molar-refractivity contribution >= 4 is 34.2 Å². The molecule has 0 bridgehead atoms. The highest BCUT2D eigenvalue weighted by Gasteiger charge is 2.23. The van der Waals surface area contributed by atoms with Gasteiger partial charge in [0.25, 0.3) is 11.8 Å². The molecule has 0 spiro atoms. The van der Waals surface area contributed by atoms with Crippen LogP contribution in [0, 0.1) is 19.7 Å². The molecule has 30 heavy (non-hydrogen) atoms. The number of aryl methyl sites for hydroxylation is 2. The van der Waals surface area contributed by atoms with Crippen LogP contribution in [0.25, 0.3) is 11.0 Å². The van der Waals surface area contributed by atoms with Gasteiger partial charge in [-0.2, -0.15) is 0 Å². The molecule has 2 amide bonds. The minimum absolute atomic E-state index is 0.0294. The summed E-state index contributed by atoms with van der Waals surface area (Å²) >= 11 is 0. The number of rotatable bonds is 4. The average Bonchev–Trinajstić information content (AvgIpc) is 3.07. The van der Waals surface area contributed by atoms with Gasteiger partial charge in [-0.15, -0.1) is 0 Å². The quantitative estimate of drug-likeness (QED) is 0.460. The molecule has 150 valence electrons. The van der Waals surface area contributed by atoms with Crippen molar-refractivity contribution in [3.8, 4) is 0 Å². The van der Waals surface area contributed by atoms with E-state index in [-0.39, 0.29) is 17.4 Å². The number of benzene rings is 3. The van der Waals surface area contributed by atoms with Gasteiger partial charge in [0.15, 0.2) is 0 Å². The van der Waals surface area contributed by atoms with E-state index < -0.39 is 11.7 Å². The average molecular weight is 402 g/mol. The number of fused-ring (bicyclic) bond motifs is 1. The van der Waals surface area contributed by atoms with Gasteiger partial charge in [0, 0.05) is 16.6 Å². The number of furan rings is 1. The monoisotopic (exact) mass is 402 g/mol. The van der Waals surface area contributed by atoms with Crippen molar-refractivity contribution in [2.75, 3.05) is 10.6 Å². The van der Waals surface area contributed by atoms with E-state index in [1.165, 1.54) is 24.3 Å². The van der Waals surface area contributed by atoms with E-state index in [2.05, 4.69) is 10.6 Å². The van der Waals surface area contributed by atoms with Gasteiger partial charge < -0.3 is 15.1 Å². The van der Waals surface area contributed by atoms with Crippen molar-refractivity contribution < 1.29 is 18.4 Å². The van der Waals surface area contributed by atoms with Crippen molar-refractivity contribution in [2.45, 2.75) is 13.8 Å². The number of para-hydroxylation sites is 1. The highest BCUT2D eigenvalue weighted by molar-refractivity contribution is 6.16. The number of amides is 2. The topological polar surface area (TPSA) is 71.3 Å². The lowest BCUT2D eigenvalue weighted by atomic mass is 10.1. The summed E-state index contributed by atoms with van der Waals surface area (Å²) in [6.07, 6.45) is 0. The number of anilines is 2. The number of carbonyl (C=O) groups excluding carboxylic acids is 2. The molecule has 5 nitrogen and oxygen atoms in total. The molecule has 1 aromatic heterocycles. The Morgan fingerprint density at radius 2 is 1.50 bits per heavy atom. The fraction of sp³-hybridized carbons (Fsp3) is 0.0833. The molecule has 3 aromatic carbocycles. The van der Waals surface area contributed by atoms with Gasteiger partial charge in [0.1, 0.15) is 17.1 Å². The number of nitrogens with one attached hydrogen (secondary N) is 2. The molecule has 0 fully saturated rings. The Morgan fingerprint density at radius 3 is 2.20 bits per heavy atom. The summed E-state index contributed by atoms with van der Waals surface area (Å²) in [7, 11) is 0. The van der Waals surface area contributed by atoms with E-state index in [4.69, 9.17) is 4.42 Å². The first kappa shape index (κ1) is 19.4. The molecule has 0 aliphatic carbocycles. The number of halogens is 1. The van der Waals surface area contributed by atoms with E-state index in [0.29, 0.717) is 22.2 Å². The molecule has 4 aromatic rings. The van der Waals surface area contributed by atoms with Crippen LogP contribution in [0.5, 0.6) is 0 Å². The third kappa shape index (κ3) is 3.93. The standard InChI is InChI=1S/C24H19FN2O3/c1-14-11-15(2)13-16(12-14)23(28)27-21-19-5-3-4-6-20(19)30-22(21)24(29)26-18-9-7-17(25)8-10-18/h3-13H,1-2H3,(H,26,29)(H,27,28). The normalized spacial score (nSPS) is 10.8. The summed E-state index contributed by atoms with van der Waals surface area (Å²) in [6, 6.07) is 18.0. The Kier molecular flexibility index (Phi) is 5.06. The van der Waals surface area contributed by atoms with Gasteiger partial charge in [-0.25, -0.2) is 4.39 Å². The van der Waals surface area contributed by atoms with Gasteiger partial charge in [0.05, 0.1) is 0 Å². The Bertz CT molecular complexity index is 1240.